The van der Waals surface area contributed by atoms with Gasteiger partial charge in [-0.05, 0) is 37.6 Å². The van der Waals surface area contributed by atoms with Gasteiger partial charge in [0, 0.05) is 18.6 Å². The minimum absolute atomic E-state index is 0. The molecule has 0 aliphatic heterocycles. The third-order valence-corrected chi connectivity index (χ3v) is 4.62. The van der Waals surface area contributed by atoms with Gasteiger partial charge >= 0.3 is 35.5 Å². The Morgan fingerprint density at radius 1 is 1.12 bits per heavy atom. The van der Waals surface area contributed by atoms with Crippen molar-refractivity contribution in [1.29, 1.82) is 0 Å². The molecule has 2 aromatic carbocycles. The number of esters is 1. The third-order valence-electron chi connectivity index (χ3n) is 4.24. The van der Waals surface area contributed by atoms with E-state index in [4.69, 9.17) is 23.4 Å². The summed E-state index contributed by atoms with van der Waals surface area (Å²) in [5.74, 6) is -0.298. The maximum Gasteiger partial charge on any atom is 1.00 e. The van der Waals surface area contributed by atoms with Crippen molar-refractivity contribution >= 4 is 27.3 Å². The monoisotopic (exact) mass is 488 g/mol. The van der Waals surface area contributed by atoms with Crippen LogP contribution >= 0.6 is 0 Å². The van der Waals surface area contributed by atoms with Crippen LogP contribution in [0, 0.1) is 6.92 Å². The molecule has 0 saturated carbocycles. The van der Waals surface area contributed by atoms with Gasteiger partial charge in [-0.3, -0.25) is 0 Å². The zero-order valence-corrected chi connectivity index (χ0v) is 21.4. The first kappa shape index (κ1) is 27.0. The minimum atomic E-state index is -5.12. The summed E-state index contributed by atoms with van der Waals surface area (Å²) in [4.78, 5) is 12.3. The number of hydrogen-bond donors (Lipinski definition) is 0. The Morgan fingerprint density at radius 2 is 1.88 bits per heavy atom. The molecule has 0 atom stereocenters. The first-order valence-electron chi connectivity index (χ1n) is 9.45. The second-order valence-electron chi connectivity index (χ2n) is 6.53. The van der Waals surface area contributed by atoms with E-state index in [9.17, 15) is 17.8 Å². The van der Waals surface area contributed by atoms with E-state index in [2.05, 4.69) is 4.18 Å². The quantitative estimate of drug-likeness (QED) is 0.129. The molecule has 1 aromatic heterocycles. The zero-order chi connectivity index (χ0) is 23.3. The molecular formula is C21H21NaO10S. The van der Waals surface area contributed by atoms with E-state index in [1.54, 1.807) is 38.1 Å². The van der Waals surface area contributed by atoms with Crippen molar-refractivity contribution in [2.24, 2.45) is 0 Å². The zero-order valence-electron chi connectivity index (χ0n) is 18.6. The fourth-order valence-electron chi connectivity index (χ4n) is 2.98. The van der Waals surface area contributed by atoms with Crippen molar-refractivity contribution in [1.82, 2.24) is 0 Å². The van der Waals surface area contributed by atoms with Crippen LogP contribution in [0.5, 0.6) is 17.2 Å². The molecule has 3 aromatic rings. The molecule has 0 N–H and O–H groups in total. The SMILES string of the molecule is CCOC(=O)c1c(C)oc2cc(OCc3cccc(OCOC)c3)c(OS(=O)(=O)[O-])cc12.[Na+]. The molecule has 33 heavy (non-hydrogen) atoms. The number of hydrogen-bond acceptors (Lipinski definition) is 10. The molecule has 0 bridgehead atoms. The maximum absolute atomic E-state index is 12.3. The first-order valence-corrected chi connectivity index (χ1v) is 10.8. The summed E-state index contributed by atoms with van der Waals surface area (Å²) in [6.07, 6.45) is 0. The van der Waals surface area contributed by atoms with Crippen LogP contribution < -0.4 is 43.2 Å². The normalized spacial score (nSPS) is 11.0. The minimum Gasteiger partial charge on any atom is -0.716 e. The fraction of sp³-hybridized carbons (Fsp3) is 0.286. The Bertz CT molecular complexity index is 1220. The predicted molar refractivity (Wildman–Crippen MR) is 111 cm³/mol. The standard InChI is InChI=1S/C21H22O10S.Na/c1-4-27-21(22)20-13(2)30-17-10-18(19(9-16(17)20)31-32(23,24)25)28-11-14-6-5-7-15(8-14)29-12-26-3;/h5-10H,4,11-12H2,1-3H3,(H,23,24,25);/q;+1/p-1. The Hall–Kier alpha value is -2.28. The molecular weight excluding hydrogens is 467 g/mol. The molecule has 0 fully saturated rings. The molecule has 10 nitrogen and oxygen atoms in total. The number of carbonyl (C=O) groups excluding carboxylic acids is 1. The van der Waals surface area contributed by atoms with Crippen LogP contribution in [-0.4, -0.2) is 39.4 Å². The van der Waals surface area contributed by atoms with Crippen LogP contribution in [0.15, 0.2) is 40.8 Å². The van der Waals surface area contributed by atoms with Gasteiger partial charge in [-0.25, -0.2) is 13.2 Å². The Kier molecular flexibility index (Phi) is 9.58. The van der Waals surface area contributed by atoms with Gasteiger partial charge in [-0.1, -0.05) is 12.1 Å². The van der Waals surface area contributed by atoms with Crippen molar-refractivity contribution in [3.8, 4) is 17.2 Å². The van der Waals surface area contributed by atoms with Crippen molar-refractivity contribution in [3.05, 3.63) is 53.3 Å². The maximum atomic E-state index is 12.3. The first-order chi connectivity index (χ1) is 15.2. The molecule has 0 amide bonds. The number of furan rings is 1. The number of fused-ring (bicyclic) bond motifs is 1. The van der Waals surface area contributed by atoms with Gasteiger partial charge in [0.05, 0.1) is 6.61 Å². The number of rotatable bonds is 10. The van der Waals surface area contributed by atoms with Gasteiger partial charge < -0.3 is 32.1 Å². The van der Waals surface area contributed by atoms with E-state index in [-0.39, 0.29) is 83.4 Å². The van der Waals surface area contributed by atoms with Crippen molar-refractivity contribution in [3.63, 3.8) is 0 Å². The average molecular weight is 488 g/mol. The largest absolute Gasteiger partial charge is 1.00 e. The van der Waals surface area contributed by atoms with Crippen molar-refractivity contribution in [2.75, 3.05) is 20.5 Å². The summed E-state index contributed by atoms with van der Waals surface area (Å²) >= 11 is 0. The second-order valence-corrected chi connectivity index (χ2v) is 7.51. The van der Waals surface area contributed by atoms with Gasteiger partial charge in [-0.15, -0.1) is 0 Å². The summed E-state index contributed by atoms with van der Waals surface area (Å²) in [6.45, 7) is 3.41. The molecule has 0 aliphatic carbocycles. The van der Waals surface area contributed by atoms with Gasteiger partial charge in [-0.2, -0.15) is 0 Å². The van der Waals surface area contributed by atoms with E-state index in [0.717, 1.165) is 0 Å². The Labute approximate surface area is 212 Å². The topological polar surface area (TPSA) is 134 Å². The molecule has 0 unspecified atom stereocenters. The summed E-state index contributed by atoms with van der Waals surface area (Å²) in [7, 11) is -3.62. The summed E-state index contributed by atoms with van der Waals surface area (Å²) in [5, 5.41) is 0.224. The van der Waals surface area contributed by atoms with Gasteiger partial charge in [0.15, 0.2) is 18.3 Å². The Balaban J connectivity index is 0.00000385. The van der Waals surface area contributed by atoms with Crippen LogP contribution in [0.3, 0.4) is 0 Å². The van der Waals surface area contributed by atoms with E-state index < -0.39 is 16.4 Å². The van der Waals surface area contributed by atoms with E-state index in [1.807, 2.05) is 0 Å². The van der Waals surface area contributed by atoms with Crippen LogP contribution in [-0.2, 0) is 26.5 Å². The summed E-state index contributed by atoms with van der Waals surface area (Å²) < 4.78 is 64.9. The molecule has 12 heteroatoms. The predicted octanol–water partition coefficient (Wildman–Crippen LogP) is 0.323. The van der Waals surface area contributed by atoms with Crippen molar-refractivity contribution < 1.29 is 74.9 Å². The van der Waals surface area contributed by atoms with Crippen LogP contribution in [0.1, 0.15) is 28.6 Å². The summed E-state index contributed by atoms with van der Waals surface area (Å²) in [5.41, 5.74) is 1.02. The van der Waals surface area contributed by atoms with Gasteiger partial charge in [0.2, 0.25) is 0 Å². The molecule has 0 radical (unpaired) electrons. The number of ether oxygens (including phenoxy) is 4. The molecule has 0 aliphatic rings. The van der Waals surface area contributed by atoms with Crippen LogP contribution in [0.25, 0.3) is 11.0 Å². The van der Waals surface area contributed by atoms with Crippen LogP contribution in [0.4, 0.5) is 0 Å². The second kappa shape index (κ2) is 11.7. The van der Waals surface area contributed by atoms with Crippen molar-refractivity contribution in [2.45, 2.75) is 20.5 Å². The molecule has 0 saturated heterocycles. The number of aryl methyl sites for hydroxylation is 1. The number of carbonyl (C=O) groups is 1. The number of methoxy groups -OCH3 is 1. The molecule has 1 heterocycles. The molecule has 0 spiro atoms. The average Bonchev–Trinajstić information content (AvgIpc) is 3.04. The van der Waals surface area contributed by atoms with E-state index in [0.29, 0.717) is 11.3 Å². The van der Waals surface area contributed by atoms with Crippen LogP contribution in [0.2, 0.25) is 0 Å². The summed E-state index contributed by atoms with van der Waals surface area (Å²) in [6, 6.07) is 9.48. The fourth-order valence-corrected chi connectivity index (χ4v) is 3.33. The van der Waals surface area contributed by atoms with E-state index >= 15 is 0 Å². The Morgan fingerprint density at radius 3 is 2.55 bits per heavy atom. The van der Waals surface area contributed by atoms with Gasteiger partial charge in [0.25, 0.3) is 10.4 Å². The number of benzene rings is 2. The molecule has 172 valence electrons. The molecule has 3 rings (SSSR count). The third kappa shape index (κ3) is 7.10. The van der Waals surface area contributed by atoms with E-state index in [1.165, 1.54) is 19.2 Å². The smallest absolute Gasteiger partial charge is 0.716 e. The van der Waals surface area contributed by atoms with Gasteiger partial charge in [0.1, 0.15) is 29.3 Å².